The van der Waals surface area contributed by atoms with E-state index in [1.807, 2.05) is 30.3 Å². The minimum atomic E-state index is -1.00. The van der Waals surface area contributed by atoms with Crippen molar-refractivity contribution in [3.63, 3.8) is 0 Å². The Balaban J connectivity index is 1.57. The molecule has 122 valence electrons. The van der Waals surface area contributed by atoms with E-state index in [9.17, 15) is 9.59 Å². The summed E-state index contributed by atoms with van der Waals surface area (Å²) in [6, 6.07) is 12.5. The van der Waals surface area contributed by atoms with E-state index in [4.69, 9.17) is 9.84 Å². The van der Waals surface area contributed by atoms with Crippen LogP contribution in [0.4, 0.5) is 4.79 Å². The van der Waals surface area contributed by atoms with Crippen LogP contribution in [0.5, 0.6) is 0 Å². The summed E-state index contributed by atoms with van der Waals surface area (Å²) in [6.45, 7) is 0.386. The standard InChI is InChI=1S/C17H15N3O4/c21-16(22)13-6-7-15-19-14(10-20(15)9-13)8-18-17(23)24-11-12-4-2-1-3-5-12/h1-7,9-10H,8,11H2,(H,18,23)(H,21,22). The van der Waals surface area contributed by atoms with Gasteiger partial charge in [-0.2, -0.15) is 0 Å². The van der Waals surface area contributed by atoms with Crippen molar-refractivity contribution < 1.29 is 19.4 Å². The highest BCUT2D eigenvalue weighted by Gasteiger charge is 2.08. The highest BCUT2D eigenvalue weighted by atomic mass is 16.5. The predicted octanol–water partition coefficient (Wildman–Crippen LogP) is 2.46. The summed E-state index contributed by atoms with van der Waals surface area (Å²) in [4.78, 5) is 27.0. The second-order valence-corrected chi connectivity index (χ2v) is 5.14. The predicted molar refractivity (Wildman–Crippen MR) is 85.6 cm³/mol. The molecule has 0 radical (unpaired) electrons. The monoisotopic (exact) mass is 325 g/mol. The van der Waals surface area contributed by atoms with Crippen molar-refractivity contribution in [3.05, 3.63) is 71.7 Å². The normalized spacial score (nSPS) is 10.5. The molecule has 3 rings (SSSR count). The third kappa shape index (κ3) is 3.70. The summed E-state index contributed by atoms with van der Waals surface area (Å²) in [6.07, 6.45) is 2.60. The Bertz CT molecular complexity index is 874. The van der Waals surface area contributed by atoms with Crippen LogP contribution < -0.4 is 5.32 Å². The van der Waals surface area contributed by atoms with Crippen LogP contribution in [0.2, 0.25) is 0 Å². The van der Waals surface area contributed by atoms with Gasteiger partial charge in [0.25, 0.3) is 0 Å². The van der Waals surface area contributed by atoms with E-state index in [0.717, 1.165) is 5.56 Å². The highest BCUT2D eigenvalue weighted by molar-refractivity contribution is 5.87. The van der Waals surface area contributed by atoms with Crippen molar-refractivity contribution in [2.75, 3.05) is 0 Å². The Morgan fingerprint density at radius 1 is 1.12 bits per heavy atom. The average molecular weight is 325 g/mol. The van der Waals surface area contributed by atoms with Gasteiger partial charge in [-0.1, -0.05) is 30.3 Å². The fourth-order valence-corrected chi connectivity index (χ4v) is 2.19. The Hall–Kier alpha value is -3.35. The Morgan fingerprint density at radius 2 is 1.92 bits per heavy atom. The van der Waals surface area contributed by atoms with Gasteiger partial charge in [-0.25, -0.2) is 14.6 Å². The number of alkyl carbamates (subject to hydrolysis) is 1. The fraction of sp³-hybridized carbons (Fsp3) is 0.118. The number of carbonyl (C=O) groups excluding carboxylic acids is 1. The maximum atomic E-state index is 11.7. The average Bonchev–Trinajstić information content (AvgIpc) is 3.01. The molecule has 0 saturated carbocycles. The molecule has 1 amide bonds. The first-order chi connectivity index (χ1) is 11.6. The Kier molecular flexibility index (Phi) is 4.42. The van der Waals surface area contributed by atoms with Crippen molar-refractivity contribution in [3.8, 4) is 0 Å². The van der Waals surface area contributed by atoms with E-state index in [0.29, 0.717) is 11.3 Å². The molecule has 0 atom stereocenters. The zero-order valence-electron chi connectivity index (χ0n) is 12.7. The molecular formula is C17H15N3O4. The topological polar surface area (TPSA) is 92.9 Å². The maximum absolute atomic E-state index is 11.7. The smallest absolute Gasteiger partial charge is 0.407 e. The van der Waals surface area contributed by atoms with Crippen molar-refractivity contribution in [2.45, 2.75) is 13.2 Å². The number of ether oxygens (including phenoxy) is 1. The van der Waals surface area contributed by atoms with Crippen LogP contribution in [-0.2, 0) is 17.9 Å². The maximum Gasteiger partial charge on any atom is 0.407 e. The van der Waals surface area contributed by atoms with E-state index >= 15 is 0 Å². The minimum Gasteiger partial charge on any atom is -0.478 e. The number of benzene rings is 1. The molecule has 0 fully saturated rings. The van der Waals surface area contributed by atoms with Crippen molar-refractivity contribution >= 4 is 17.7 Å². The van der Waals surface area contributed by atoms with Gasteiger partial charge in [-0.05, 0) is 17.7 Å². The molecule has 0 unspecified atom stereocenters. The summed E-state index contributed by atoms with van der Waals surface area (Å²) in [5, 5.41) is 11.6. The van der Waals surface area contributed by atoms with Crippen molar-refractivity contribution in [2.24, 2.45) is 0 Å². The number of imidazole rings is 1. The van der Waals surface area contributed by atoms with Gasteiger partial charge in [0.1, 0.15) is 12.3 Å². The number of carboxylic acid groups (broad SMARTS) is 1. The molecule has 24 heavy (non-hydrogen) atoms. The van der Waals surface area contributed by atoms with Gasteiger partial charge >= 0.3 is 12.1 Å². The summed E-state index contributed by atoms with van der Waals surface area (Å²) >= 11 is 0. The number of carbonyl (C=O) groups is 2. The van der Waals surface area contributed by atoms with Crippen LogP contribution in [0.3, 0.4) is 0 Å². The summed E-state index contributed by atoms with van der Waals surface area (Å²) in [7, 11) is 0. The number of hydrogen-bond donors (Lipinski definition) is 2. The van der Waals surface area contributed by atoms with Crippen LogP contribution in [0.25, 0.3) is 5.65 Å². The van der Waals surface area contributed by atoms with E-state index in [-0.39, 0.29) is 18.7 Å². The summed E-state index contributed by atoms with van der Waals surface area (Å²) in [5.41, 5.74) is 2.28. The number of hydrogen-bond acceptors (Lipinski definition) is 4. The zero-order chi connectivity index (χ0) is 16.9. The SMILES string of the molecule is O=C(NCc1cn2cc(C(=O)O)ccc2n1)OCc1ccccc1. The van der Waals surface area contributed by atoms with Crippen LogP contribution in [0.15, 0.2) is 54.9 Å². The van der Waals surface area contributed by atoms with E-state index in [1.54, 1.807) is 16.7 Å². The molecule has 3 aromatic rings. The highest BCUT2D eigenvalue weighted by Crippen LogP contribution is 2.08. The number of aromatic nitrogens is 2. The number of fused-ring (bicyclic) bond motifs is 1. The molecule has 0 aliphatic rings. The second kappa shape index (κ2) is 6.82. The molecular weight excluding hydrogens is 310 g/mol. The van der Waals surface area contributed by atoms with Gasteiger partial charge < -0.3 is 19.6 Å². The molecule has 0 aliphatic carbocycles. The number of rotatable bonds is 5. The molecule has 0 spiro atoms. The lowest BCUT2D eigenvalue weighted by atomic mass is 10.2. The number of carboxylic acids is 1. The van der Waals surface area contributed by atoms with Gasteiger partial charge in [0.15, 0.2) is 0 Å². The molecule has 0 saturated heterocycles. The van der Waals surface area contributed by atoms with Crippen LogP contribution in [0.1, 0.15) is 21.6 Å². The number of nitrogens with one attached hydrogen (secondary N) is 1. The Labute approximate surface area is 137 Å². The second-order valence-electron chi connectivity index (χ2n) is 5.14. The number of nitrogens with zero attached hydrogens (tertiary/aromatic N) is 2. The first-order valence-electron chi connectivity index (χ1n) is 7.27. The van der Waals surface area contributed by atoms with E-state index < -0.39 is 12.1 Å². The molecule has 1 aromatic carbocycles. The lowest BCUT2D eigenvalue weighted by Gasteiger charge is -2.05. The largest absolute Gasteiger partial charge is 0.478 e. The van der Waals surface area contributed by atoms with Gasteiger partial charge in [0.05, 0.1) is 17.8 Å². The van der Waals surface area contributed by atoms with Crippen LogP contribution in [-0.4, -0.2) is 26.6 Å². The molecule has 2 aromatic heterocycles. The third-order valence-corrected chi connectivity index (χ3v) is 3.37. The molecule has 7 heteroatoms. The zero-order valence-corrected chi connectivity index (χ0v) is 12.7. The van der Waals surface area contributed by atoms with Gasteiger partial charge in [0.2, 0.25) is 0 Å². The van der Waals surface area contributed by atoms with E-state index in [1.165, 1.54) is 12.3 Å². The molecule has 2 N–H and O–H groups in total. The number of amides is 1. The first kappa shape index (κ1) is 15.5. The van der Waals surface area contributed by atoms with E-state index in [2.05, 4.69) is 10.3 Å². The number of aromatic carboxylic acids is 1. The molecule has 7 nitrogen and oxygen atoms in total. The first-order valence-corrected chi connectivity index (χ1v) is 7.27. The van der Waals surface area contributed by atoms with Gasteiger partial charge in [-0.15, -0.1) is 0 Å². The fourth-order valence-electron chi connectivity index (χ4n) is 2.19. The Morgan fingerprint density at radius 3 is 2.67 bits per heavy atom. The van der Waals surface area contributed by atoms with Crippen molar-refractivity contribution in [1.82, 2.24) is 14.7 Å². The lowest BCUT2D eigenvalue weighted by molar-refractivity contribution is 0.0696. The lowest BCUT2D eigenvalue weighted by Crippen LogP contribution is -2.23. The van der Waals surface area contributed by atoms with Crippen LogP contribution >= 0.6 is 0 Å². The third-order valence-electron chi connectivity index (χ3n) is 3.37. The molecule has 0 bridgehead atoms. The van der Waals surface area contributed by atoms with Crippen LogP contribution in [0, 0.1) is 0 Å². The summed E-state index contributed by atoms with van der Waals surface area (Å²) < 4.78 is 6.72. The molecule has 0 aliphatic heterocycles. The van der Waals surface area contributed by atoms with Gasteiger partial charge in [-0.3, -0.25) is 0 Å². The minimum absolute atomic E-state index is 0.168. The van der Waals surface area contributed by atoms with Crippen molar-refractivity contribution in [1.29, 1.82) is 0 Å². The van der Waals surface area contributed by atoms with Gasteiger partial charge in [0, 0.05) is 12.4 Å². The molecule has 2 heterocycles. The number of pyridine rings is 1. The summed E-state index contributed by atoms with van der Waals surface area (Å²) in [5.74, 6) is -1.00. The quantitative estimate of drug-likeness (QED) is 0.751.